The molecule has 1 aliphatic rings. The molecule has 6 heteroatoms. The first-order chi connectivity index (χ1) is 12.1. The molecule has 2 heterocycles. The van der Waals surface area contributed by atoms with Crippen molar-refractivity contribution in [1.29, 1.82) is 0 Å². The largest absolute Gasteiger partial charge is 0.372 e. The number of hydrogen-bond donors (Lipinski definition) is 3. The molecule has 1 aromatic heterocycles. The van der Waals surface area contributed by atoms with Gasteiger partial charge in [-0.3, -0.25) is 4.79 Å². The van der Waals surface area contributed by atoms with Gasteiger partial charge < -0.3 is 16.0 Å². The van der Waals surface area contributed by atoms with Gasteiger partial charge in [0.2, 0.25) is 5.91 Å². The van der Waals surface area contributed by atoms with Crippen LogP contribution in [0.5, 0.6) is 0 Å². The van der Waals surface area contributed by atoms with Gasteiger partial charge in [0.05, 0.1) is 11.6 Å². The number of carbonyl (C=O) groups is 1. The zero-order valence-electron chi connectivity index (χ0n) is 15.2. The predicted octanol–water partition coefficient (Wildman–Crippen LogP) is 1.32. The van der Waals surface area contributed by atoms with Gasteiger partial charge in [0.25, 0.3) is 0 Å². The molecule has 0 radical (unpaired) electrons. The highest BCUT2D eigenvalue weighted by Gasteiger charge is 2.26. The van der Waals surface area contributed by atoms with Crippen molar-refractivity contribution >= 4 is 11.7 Å². The Labute approximate surface area is 150 Å². The molecule has 6 nitrogen and oxygen atoms in total. The summed E-state index contributed by atoms with van der Waals surface area (Å²) in [6.45, 7) is 5.59. The number of hydrogen-bond acceptors (Lipinski definition) is 5. The molecule has 2 rings (SSSR count). The molecule has 1 aliphatic heterocycles. The summed E-state index contributed by atoms with van der Waals surface area (Å²) in [5.74, 6) is 8.34. The number of aromatic nitrogens is 2. The Morgan fingerprint density at radius 2 is 2.24 bits per heavy atom. The summed E-state index contributed by atoms with van der Waals surface area (Å²) in [6, 6.07) is -0.0287. The van der Waals surface area contributed by atoms with E-state index in [1.807, 2.05) is 14.0 Å². The van der Waals surface area contributed by atoms with Crippen LogP contribution in [0.4, 0.5) is 5.82 Å². The van der Waals surface area contributed by atoms with Gasteiger partial charge in [-0.2, -0.15) is 0 Å². The Bertz CT molecular complexity index is 644. The van der Waals surface area contributed by atoms with Gasteiger partial charge in [0.1, 0.15) is 11.6 Å². The minimum atomic E-state index is -0.0287. The van der Waals surface area contributed by atoms with Crippen LogP contribution in [0.3, 0.4) is 0 Å². The average molecular weight is 341 g/mol. The second kappa shape index (κ2) is 11.1. The molecule has 3 N–H and O–H groups in total. The maximum Gasteiger partial charge on any atom is 0.237 e. The first-order valence-corrected chi connectivity index (χ1v) is 8.45. The Morgan fingerprint density at radius 3 is 2.88 bits per heavy atom. The smallest absolute Gasteiger partial charge is 0.237 e. The molecular weight excluding hydrogens is 314 g/mol. The molecule has 1 amide bonds. The van der Waals surface area contributed by atoms with Gasteiger partial charge in [-0.25, -0.2) is 9.97 Å². The fourth-order valence-corrected chi connectivity index (χ4v) is 2.53. The third-order valence-electron chi connectivity index (χ3n) is 3.81. The van der Waals surface area contributed by atoms with Crippen LogP contribution in [-0.2, 0) is 4.79 Å². The number of amides is 1. The van der Waals surface area contributed by atoms with Crippen LogP contribution in [0.15, 0.2) is 6.20 Å². The normalized spacial score (nSPS) is 18.3. The van der Waals surface area contributed by atoms with E-state index in [0.717, 1.165) is 43.0 Å². The van der Waals surface area contributed by atoms with Gasteiger partial charge in [-0.15, -0.1) is 12.8 Å². The highest BCUT2D eigenvalue weighted by atomic mass is 16.2. The lowest BCUT2D eigenvalue weighted by Crippen LogP contribution is -2.40. The van der Waals surface area contributed by atoms with E-state index in [1.54, 1.807) is 6.20 Å². The van der Waals surface area contributed by atoms with Crippen LogP contribution in [-0.4, -0.2) is 42.1 Å². The second-order valence-electron chi connectivity index (χ2n) is 5.93. The summed E-state index contributed by atoms with van der Waals surface area (Å²) >= 11 is 0. The highest BCUT2D eigenvalue weighted by molar-refractivity contribution is 5.82. The Balaban J connectivity index is 0.00000151. The Morgan fingerprint density at radius 1 is 1.48 bits per heavy atom. The van der Waals surface area contributed by atoms with E-state index in [-0.39, 0.29) is 11.9 Å². The lowest BCUT2D eigenvalue weighted by molar-refractivity contribution is -0.122. The lowest BCUT2D eigenvalue weighted by Gasteiger charge is -2.10. The van der Waals surface area contributed by atoms with Crippen molar-refractivity contribution in [3.8, 4) is 24.7 Å². The van der Waals surface area contributed by atoms with Crippen molar-refractivity contribution in [3.05, 3.63) is 17.6 Å². The SMILES string of the molecule is C#C.CNc1nc(C)ncc1C#CCCCNC(=O)C1C[C@H](C)CN1. The molecule has 1 fully saturated rings. The van der Waals surface area contributed by atoms with E-state index in [9.17, 15) is 4.79 Å². The molecule has 1 aromatic rings. The molecule has 0 aliphatic carbocycles. The van der Waals surface area contributed by atoms with Crippen molar-refractivity contribution in [3.63, 3.8) is 0 Å². The summed E-state index contributed by atoms with van der Waals surface area (Å²) in [5, 5.41) is 9.22. The van der Waals surface area contributed by atoms with Gasteiger partial charge in [-0.1, -0.05) is 18.8 Å². The van der Waals surface area contributed by atoms with E-state index in [0.29, 0.717) is 12.5 Å². The number of terminal acetylenes is 1. The molecule has 0 spiro atoms. The Kier molecular flexibility index (Phi) is 9.06. The van der Waals surface area contributed by atoms with Crippen LogP contribution in [0.2, 0.25) is 0 Å². The van der Waals surface area contributed by atoms with Crippen LogP contribution in [0.25, 0.3) is 0 Å². The molecule has 1 saturated heterocycles. The summed E-state index contributed by atoms with van der Waals surface area (Å²) in [6.07, 6.45) is 12.2. The first kappa shape index (κ1) is 20.5. The maximum absolute atomic E-state index is 11.9. The quantitative estimate of drug-likeness (QED) is 0.556. The molecule has 2 atom stereocenters. The topological polar surface area (TPSA) is 78.9 Å². The third kappa shape index (κ3) is 6.82. The number of nitrogens with one attached hydrogen (secondary N) is 3. The van der Waals surface area contributed by atoms with Crippen LogP contribution in [0, 0.1) is 37.5 Å². The lowest BCUT2D eigenvalue weighted by atomic mass is 10.1. The molecule has 1 unspecified atom stereocenters. The molecule has 0 saturated carbocycles. The molecule has 0 aromatic carbocycles. The van der Waals surface area contributed by atoms with Crippen molar-refractivity contribution < 1.29 is 4.79 Å². The van der Waals surface area contributed by atoms with Gasteiger partial charge >= 0.3 is 0 Å². The number of unbranched alkanes of at least 4 members (excludes halogenated alkanes) is 1. The number of carbonyl (C=O) groups excluding carboxylic acids is 1. The number of nitrogens with zero attached hydrogens (tertiary/aromatic N) is 2. The highest BCUT2D eigenvalue weighted by Crippen LogP contribution is 2.12. The maximum atomic E-state index is 11.9. The van der Waals surface area contributed by atoms with Crippen molar-refractivity contribution in [2.75, 3.05) is 25.5 Å². The summed E-state index contributed by atoms with van der Waals surface area (Å²) in [7, 11) is 1.82. The minimum Gasteiger partial charge on any atom is -0.372 e. The van der Waals surface area contributed by atoms with E-state index in [2.05, 4.69) is 57.5 Å². The third-order valence-corrected chi connectivity index (χ3v) is 3.81. The predicted molar refractivity (Wildman–Crippen MR) is 101 cm³/mol. The average Bonchev–Trinajstić information content (AvgIpc) is 3.07. The van der Waals surface area contributed by atoms with Crippen LogP contribution >= 0.6 is 0 Å². The van der Waals surface area contributed by atoms with Crippen LogP contribution in [0.1, 0.15) is 37.6 Å². The fraction of sp³-hybridized carbons (Fsp3) is 0.526. The second-order valence-corrected chi connectivity index (χ2v) is 5.93. The summed E-state index contributed by atoms with van der Waals surface area (Å²) < 4.78 is 0. The first-order valence-electron chi connectivity index (χ1n) is 8.45. The van der Waals surface area contributed by atoms with Gasteiger partial charge in [0, 0.05) is 26.2 Å². The molecule has 25 heavy (non-hydrogen) atoms. The minimum absolute atomic E-state index is 0.0287. The number of aryl methyl sites for hydroxylation is 1. The van der Waals surface area contributed by atoms with Gasteiger partial charge in [0.15, 0.2) is 0 Å². The van der Waals surface area contributed by atoms with E-state index in [1.165, 1.54) is 0 Å². The fourth-order valence-electron chi connectivity index (χ4n) is 2.53. The number of rotatable bonds is 5. The zero-order valence-corrected chi connectivity index (χ0v) is 15.2. The molecule has 0 bridgehead atoms. The monoisotopic (exact) mass is 341 g/mol. The zero-order chi connectivity index (χ0) is 18.7. The summed E-state index contributed by atoms with van der Waals surface area (Å²) in [5.41, 5.74) is 0.797. The van der Waals surface area contributed by atoms with Gasteiger partial charge in [-0.05, 0) is 32.2 Å². The molecular formula is C19H27N5O. The van der Waals surface area contributed by atoms with E-state index in [4.69, 9.17) is 0 Å². The molecule has 134 valence electrons. The van der Waals surface area contributed by atoms with Crippen molar-refractivity contribution in [2.24, 2.45) is 5.92 Å². The van der Waals surface area contributed by atoms with E-state index < -0.39 is 0 Å². The number of anilines is 1. The summed E-state index contributed by atoms with van der Waals surface area (Å²) in [4.78, 5) is 20.4. The van der Waals surface area contributed by atoms with Crippen molar-refractivity contribution in [2.45, 2.75) is 39.2 Å². The van der Waals surface area contributed by atoms with Crippen LogP contribution < -0.4 is 16.0 Å². The Hall–Kier alpha value is -2.57. The standard InChI is InChI=1S/C17H25N5O.C2H2/c1-12-9-15(21-10-12)17(23)19-8-6-4-5-7-14-11-20-13(2)22-16(14)18-3;1-2/h11-12,15,21H,4,6,8-10H2,1-3H3,(H,19,23)(H,18,20,22);1-2H/t12-,15?;/m0./s1. The van der Waals surface area contributed by atoms with E-state index >= 15 is 0 Å². The van der Waals surface area contributed by atoms with Crippen molar-refractivity contribution in [1.82, 2.24) is 20.6 Å².